The number of hydrogen-bond donors (Lipinski definition) is 0. The van der Waals surface area contributed by atoms with Crippen LogP contribution in [0.2, 0.25) is 5.02 Å². The summed E-state index contributed by atoms with van der Waals surface area (Å²) < 4.78 is 29.7. The van der Waals surface area contributed by atoms with Crippen molar-refractivity contribution in [2.75, 3.05) is 28.4 Å². The van der Waals surface area contributed by atoms with E-state index in [-0.39, 0.29) is 17.5 Å². The van der Waals surface area contributed by atoms with Crippen LogP contribution in [0.25, 0.3) is 0 Å². The molecule has 2 aliphatic heterocycles. The molecule has 2 atom stereocenters. The number of sulfone groups is 1. The van der Waals surface area contributed by atoms with Gasteiger partial charge in [-0.2, -0.15) is 0 Å². The fourth-order valence-corrected chi connectivity index (χ4v) is 5.70. The Bertz CT molecular complexity index is 944. The first-order chi connectivity index (χ1) is 12.4. The second-order valence-corrected chi connectivity index (χ2v) is 9.00. The summed E-state index contributed by atoms with van der Waals surface area (Å²) in [4.78, 5) is 16.3. The summed E-state index contributed by atoms with van der Waals surface area (Å²) in [5, 5.41) is 0.558. The molecule has 0 bridgehead atoms. The molecule has 2 amide bonds. The molecule has 2 aromatic carbocycles. The summed E-state index contributed by atoms with van der Waals surface area (Å²) in [6, 6.07) is 12.8. The summed E-state index contributed by atoms with van der Waals surface area (Å²) in [5.74, 6) is 0.587. The average Bonchev–Trinajstić information content (AvgIpc) is 3.05. The molecule has 2 fully saturated rings. The van der Waals surface area contributed by atoms with Gasteiger partial charge in [-0.1, -0.05) is 11.6 Å². The number of urea groups is 1. The van der Waals surface area contributed by atoms with Crippen molar-refractivity contribution in [1.82, 2.24) is 0 Å². The zero-order valence-electron chi connectivity index (χ0n) is 14.0. The number of halogens is 1. The molecule has 2 saturated heterocycles. The number of rotatable bonds is 3. The van der Waals surface area contributed by atoms with Gasteiger partial charge in [-0.15, -0.1) is 0 Å². The lowest BCUT2D eigenvalue weighted by Crippen LogP contribution is -2.37. The molecule has 0 radical (unpaired) electrons. The van der Waals surface area contributed by atoms with Gasteiger partial charge in [-0.3, -0.25) is 9.80 Å². The highest BCUT2D eigenvalue weighted by molar-refractivity contribution is 7.91. The summed E-state index contributed by atoms with van der Waals surface area (Å²) in [7, 11) is -1.65. The van der Waals surface area contributed by atoms with E-state index >= 15 is 0 Å². The van der Waals surface area contributed by atoms with Gasteiger partial charge in [0.25, 0.3) is 0 Å². The molecule has 8 heteroatoms. The zero-order valence-corrected chi connectivity index (χ0v) is 15.6. The van der Waals surface area contributed by atoms with E-state index in [1.54, 1.807) is 65.4 Å². The van der Waals surface area contributed by atoms with Gasteiger partial charge >= 0.3 is 6.03 Å². The van der Waals surface area contributed by atoms with E-state index < -0.39 is 21.9 Å². The molecule has 0 spiro atoms. The largest absolute Gasteiger partial charge is 0.497 e. The van der Waals surface area contributed by atoms with Crippen LogP contribution >= 0.6 is 11.6 Å². The molecular weight excluding hydrogens is 376 g/mol. The number of amides is 2. The first-order valence-corrected chi connectivity index (χ1v) is 10.3. The highest BCUT2D eigenvalue weighted by atomic mass is 35.5. The molecule has 0 saturated carbocycles. The van der Waals surface area contributed by atoms with Gasteiger partial charge in [0.15, 0.2) is 9.84 Å². The number of carbonyl (C=O) groups excluding carboxylic acids is 1. The van der Waals surface area contributed by atoms with Crippen LogP contribution in [-0.2, 0) is 9.84 Å². The van der Waals surface area contributed by atoms with Crippen molar-refractivity contribution in [3.8, 4) is 5.75 Å². The molecule has 136 valence electrons. The normalized spacial score (nSPS) is 24.0. The number of fused-ring (bicyclic) bond motifs is 1. The van der Waals surface area contributed by atoms with Crippen molar-refractivity contribution in [3.05, 3.63) is 53.6 Å². The minimum atomic E-state index is -3.22. The lowest BCUT2D eigenvalue weighted by Gasteiger charge is -2.23. The van der Waals surface area contributed by atoms with E-state index in [1.165, 1.54) is 0 Å². The third-order valence-corrected chi connectivity index (χ3v) is 6.78. The fourth-order valence-electron chi connectivity index (χ4n) is 3.65. The SMILES string of the molecule is COc1ccc(N2C(=O)N(c3ccc(Cl)cc3)C3CS(=O)(=O)CC32)cc1. The van der Waals surface area contributed by atoms with Gasteiger partial charge in [0.1, 0.15) is 5.75 Å². The summed E-state index contributed by atoms with van der Waals surface area (Å²) >= 11 is 5.94. The highest BCUT2D eigenvalue weighted by Gasteiger charge is 2.54. The van der Waals surface area contributed by atoms with E-state index in [0.29, 0.717) is 22.1 Å². The van der Waals surface area contributed by atoms with Crippen molar-refractivity contribution in [2.24, 2.45) is 0 Å². The van der Waals surface area contributed by atoms with Crippen LogP contribution in [0.1, 0.15) is 0 Å². The number of carbonyl (C=O) groups is 1. The lowest BCUT2D eigenvalue weighted by molar-refractivity contribution is 0.255. The minimum absolute atomic E-state index is 0.0421. The second kappa shape index (κ2) is 6.17. The van der Waals surface area contributed by atoms with Crippen LogP contribution in [0.4, 0.5) is 16.2 Å². The number of ether oxygens (including phenoxy) is 1. The van der Waals surface area contributed by atoms with Crippen LogP contribution in [0, 0.1) is 0 Å². The van der Waals surface area contributed by atoms with Gasteiger partial charge in [-0.05, 0) is 48.5 Å². The van der Waals surface area contributed by atoms with Crippen LogP contribution in [-0.4, -0.2) is 45.1 Å². The van der Waals surface area contributed by atoms with Crippen molar-refractivity contribution < 1.29 is 17.9 Å². The van der Waals surface area contributed by atoms with Crippen molar-refractivity contribution in [1.29, 1.82) is 0 Å². The molecule has 2 heterocycles. The Morgan fingerprint density at radius 2 is 1.38 bits per heavy atom. The van der Waals surface area contributed by atoms with E-state index in [0.717, 1.165) is 0 Å². The molecule has 0 aliphatic carbocycles. The number of methoxy groups -OCH3 is 1. The number of nitrogens with zero attached hydrogens (tertiary/aromatic N) is 2. The Morgan fingerprint density at radius 1 is 0.923 bits per heavy atom. The van der Waals surface area contributed by atoms with Crippen LogP contribution in [0.5, 0.6) is 5.75 Å². The molecule has 26 heavy (non-hydrogen) atoms. The molecule has 2 aliphatic rings. The topological polar surface area (TPSA) is 66.9 Å². The van der Waals surface area contributed by atoms with Crippen LogP contribution in [0.15, 0.2) is 48.5 Å². The maximum absolute atomic E-state index is 13.2. The molecular formula is C18H17ClN2O4S. The summed E-state index contributed by atoms with van der Waals surface area (Å²) in [6.07, 6.45) is 0. The van der Waals surface area contributed by atoms with Crippen LogP contribution in [0.3, 0.4) is 0 Å². The molecule has 0 N–H and O–H groups in total. The van der Waals surface area contributed by atoms with Gasteiger partial charge in [-0.25, -0.2) is 13.2 Å². The lowest BCUT2D eigenvalue weighted by atomic mass is 10.1. The van der Waals surface area contributed by atoms with Crippen molar-refractivity contribution in [3.63, 3.8) is 0 Å². The minimum Gasteiger partial charge on any atom is -0.497 e. The number of benzene rings is 2. The van der Waals surface area contributed by atoms with E-state index in [9.17, 15) is 13.2 Å². The number of anilines is 2. The third kappa shape index (κ3) is 2.81. The first-order valence-electron chi connectivity index (χ1n) is 8.12. The molecule has 6 nitrogen and oxygen atoms in total. The summed E-state index contributed by atoms with van der Waals surface area (Å²) in [5.41, 5.74) is 1.29. The predicted octanol–water partition coefficient (Wildman–Crippen LogP) is 2.96. The van der Waals surface area contributed by atoms with Crippen molar-refractivity contribution >= 4 is 38.8 Å². The van der Waals surface area contributed by atoms with Gasteiger partial charge < -0.3 is 4.74 Å². The predicted molar refractivity (Wildman–Crippen MR) is 101 cm³/mol. The van der Waals surface area contributed by atoms with E-state index in [4.69, 9.17) is 16.3 Å². The zero-order chi connectivity index (χ0) is 18.5. The average molecular weight is 393 g/mol. The maximum Gasteiger partial charge on any atom is 0.329 e. The molecule has 2 unspecified atom stereocenters. The molecule has 0 aromatic heterocycles. The Hall–Kier alpha value is -2.25. The van der Waals surface area contributed by atoms with Crippen LogP contribution < -0.4 is 14.5 Å². The van der Waals surface area contributed by atoms with Gasteiger partial charge in [0, 0.05) is 16.4 Å². The van der Waals surface area contributed by atoms with E-state index in [1.807, 2.05) is 0 Å². The quantitative estimate of drug-likeness (QED) is 0.753. The molecule has 2 aromatic rings. The Kier molecular flexibility index (Phi) is 4.08. The summed E-state index contributed by atoms with van der Waals surface area (Å²) in [6.45, 7) is 0. The third-order valence-electron chi connectivity index (χ3n) is 4.82. The van der Waals surface area contributed by atoms with E-state index in [2.05, 4.69) is 0 Å². The Balaban J connectivity index is 1.77. The first kappa shape index (κ1) is 17.2. The second-order valence-electron chi connectivity index (χ2n) is 6.41. The smallest absolute Gasteiger partial charge is 0.329 e. The maximum atomic E-state index is 13.2. The Morgan fingerprint density at radius 3 is 1.85 bits per heavy atom. The van der Waals surface area contributed by atoms with Gasteiger partial charge in [0.05, 0.1) is 30.7 Å². The number of hydrogen-bond acceptors (Lipinski definition) is 4. The highest BCUT2D eigenvalue weighted by Crippen LogP contribution is 2.38. The molecule has 4 rings (SSSR count). The standard InChI is InChI=1S/C18H17ClN2O4S/c1-25-15-8-6-14(7-9-15)21-17-11-26(23,24)10-16(17)20(18(21)22)13-4-2-12(19)3-5-13/h2-9,16-17H,10-11H2,1H3. The van der Waals surface area contributed by atoms with Gasteiger partial charge in [0.2, 0.25) is 0 Å². The Labute approximate surface area is 156 Å². The van der Waals surface area contributed by atoms with Crippen molar-refractivity contribution in [2.45, 2.75) is 12.1 Å². The fraction of sp³-hybridized carbons (Fsp3) is 0.278. The monoisotopic (exact) mass is 392 g/mol.